The molecular weight excluding hydrogens is 260 g/mol. The standard InChI is InChI=1S/C11H10ClF2NO.C2H6/c12-5-11(16)15-4-3-7-8(6-15)10(14)2-1-9(7)13;1-2/h1-2H,3-6H2;1-2H3. The van der Waals surface area contributed by atoms with Crippen molar-refractivity contribution in [1.82, 2.24) is 4.90 Å². The third kappa shape index (κ3) is 2.99. The van der Waals surface area contributed by atoms with Gasteiger partial charge in [0, 0.05) is 18.7 Å². The number of nitrogens with zero attached hydrogens (tertiary/aromatic N) is 1. The molecule has 0 bridgehead atoms. The van der Waals surface area contributed by atoms with E-state index in [-0.39, 0.29) is 23.9 Å². The molecule has 2 nitrogen and oxygen atoms in total. The van der Waals surface area contributed by atoms with E-state index in [1.807, 2.05) is 13.8 Å². The van der Waals surface area contributed by atoms with Crippen LogP contribution in [0, 0.1) is 11.6 Å². The van der Waals surface area contributed by atoms with Crippen molar-refractivity contribution in [2.75, 3.05) is 12.4 Å². The van der Waals surface area contributed by atoms with Gasteiger partial charge in [0.1, 0.15) is 17.5 Å². The number of alkyl halides is 1. The predicted octanol–water partition coefficient (Wildman–Crippen LogP) is 3.11. The first-order valence-corrected chi connectivity index (χ1v) is 6.46. The maximum atomic E-state index is 13.5. The summed E-state index contributed by atoms with van der Waals surface area (Å²) in [6.07, 6.45) is 0.335. The van der Waals surface area contributed by atoms with Gasteiger partial charge in [-0.3, -0.25) is 4.79 Å². The zero-order chi connectivity index (χ0) is 13.7. The van der Waals surface area contributed by atoms with Crippen LogP contribution >= 0.6 is 11.6 Å². The van der Waals surface area contributed by atoms with Gasteiger partial charge in [0.05, 0.1) is 0 Å². The van der Waals surface area contributed by atoms with Crippen LogP contribution in [0.15, 0.2) is 12.1 Å². The number of amides is 1. The number of carbonyl (C=O) groups excluding carboxylic acids is 1. The maximum absolute atomic E-state index is 13.5. The Hall–Kier alpha value is -1.16. The lowest BCUT2D eigenvalue weighted by atomic mass is 9.98. The first-order chi connectivity index (χ1) is 8.63. The average molecular weight is 276 g/mol. The third-order valence-electron chi connectivity index (χ3n) is 2.76. The summed E-state index contributed by atoms with van der Waals surface area (Å²) in [6.45, 7) is 4.49. The molecule has 0 N–H and O–H groups in total. The number of hydrogen-bond acceptors (Lipinski definition) is 1. The smallest absolute Gasteiger partial charge is 0.237 e. The van der Waals surface area contributed by atoms with Crippen LogP contribution in [0.1, 0.15) is 25.0 Å². The molecule has 0 saturated heterocycles. The maximum Gasteiger partial charge on any atom is 0.237 e. The molecule has 0 radical (unpaired) electrons. The summed E-state index contributed by atoms with van der Waals surface area (Å²) >= 11 is 5.42. The molecule has 1 aromatic rings. The summed E-state index contributed by atoms with van der Waals surface area (Å²) in [5.41, 5.74) is 0.642. The van der Waals surface area contributed by atoms with Crippen LogP contribution in [-0.2, 0) is 17.8 Å². The zero-order valence-electron chi connectivity index (χ0n) is 10.5. The molecule has 1 aliphatic rings. The summed E-state index contributed by atoms with van der Waals surface area (Å²) in [4.78, 5) is 12.8. The molecule has 1 heterocycles. The van der Waals surface area contributed by atoms with Gasteiger partial charge in [-0.25, -0.2) is 8.78 Å². The van der Waals surface area contributed by atoms with Crippen molar-refractivity contribution in [1.29, 1.82) is 0 Å². The molecule has 100 valence electrons. The van der Waals surface area contributed by atoms with Crippen molar-refractivity contribution < 1.29 is 13.6 Å². The summed E-state index contributed by atoms with van der Waals surface area (Å²) < 4.78 is 26.8. The van der Waals surface area contributed by atoms with Gasteiger partial charge in [0.25, 0.3) is 0 Å². The zero-order valence-corrected chi connectivity index (χ0v) is 11.2. The van der Waals surface area contributed by atoms with Gasteiger partial charge in [0.15, 0.2) is 0 Å². The first kappa shape index (κ1) is 14.9. The molecule has 0 saturated carbocycles. The molecule has 0 fully saturated rings. The highest BCUT2D eigenvalue weighted by Crippen LogP contribution is 2.24. The average Bonchev–Trinajstić information content (AvgIpc) is 2.44. The fraction of sp³-hybridized carbons (Fsp3) is 0.462. The van der Waals surface area contributed by atoms with E-state index in [0.717, 1.165) is 12.1 Å². The quantitative estimate of drug-likeness (QED) is 0.721. The molecule has 1 amide bonds. The van der Waals surface area contributed by atoms with E-state index >= 15 is 0 Å². The Bertz CT molecular complexity index is 437. The summed E-state index contributed by atoms with van der Waals surface area (Å²) in [6, 6.07) is 2.20. The Morgan fingerprint density at radius 2 is 1.83 bits per heavy atom. The predicted molar refractivity (Wildman–Crippen MR) is 67.5 cm³/mol. The van der Waals surface area contributed by atoms with Gasteiger partial charge in [-0.15, -0.1) is 11.6 Å². The van der Waals surface area contributed by atoms with Gasteiger partial charge in [0.2, 0.25) is 5.91 Å². The van der Waals surface area contributed by atoms with E-state index in [2.05, 4.69) is 0 Å². The monoisotopic (exact) mass is 275 g/mol. The summed E-state index contributed by atoms with van der Waals surface area (Å²) in [5.74, 6) is -1.26. The normalized spacial score (nSPS) is 13.5. The molecular formula is C13H16ClF2NO. The Morgan fingerprint density at radius 1 is 1.28 bits per heavy atom. The molecule has 0 spiro atoms. The molecule has 1 aromatic carbocycles. The van der Waals surface area contributed by atoms with Crippen LogP contribution in [0.25, 0.3) is 0 Å². The molecule has 0 aromatic heterocycles. The SMILES string of the molecule is CC.O=C(CCl)N1CCc2c(F)ccc(F)c2C1. The van der Waals surface area contributed by atoms with E-state index in [9.17, 15) is 13.6 Å². The van der Waals surface area contributed by atoms with E-state index in [4.69, 9.17) is 11.6 Å². The number of rotatable bonds is 1. The lowest BCUT2D eigenvalue weighted by molar-refractivity contribution is -0.129. The number of benzene rings is 1. The first-order valence-electron chi connectivity index (χ1n) is 5.93. The molecule has 1 aliphatic heterocycles. The Morgan fingerprint density at radius 3 is 2.39 bits per heavy atom. The fourth-order valence-electron chi connectivity index (χ4n) is 1.89. The van der Waals surface area contributed by atoms with Gasteiger partial charge in [-0.2, -0.15) is 0 Å². The second-order valence-corrected chi connectivity index (χ2v) is 3.95. The van der Waals surface area contributed by atoms with Crippen LogP contribution in [0.4, 0.5) is 8.78 Å². The van der Waals surface area contributed by atoms with Crippen molar-refractivity contribution in [3.05, 3.63) is 34.9 Å². The van der Waals surface area contributed by atoms with Crippen molar-refractivity contribution >= 4 is 17.5 Å². The van der Waals surface area contributed by atoms with Gasteiger partial charge in [-0.05, 0) is 24.1 Å². The topological polar surface area (TPSA) is 20.3 Å². The second-order valence-electron chi connectivity index (χ2n) is 3.69. The lowest BCUT2D eigenvalue weighted by Gasteiger charge is -2.28. The van der Waals surface area contributed by atoms with Crippen LogP contribution < -0.4 is 0 Å². The summed E-state index contributed by atoms with van der Waals surface area (Å²) in [7, 11) is 0. The highest BCUT2D eigenvalue weighted by atomic mass is 35.5. The van der Waals surface area contributed by atoms with E-state index in [1.54, 1.807) is 0 Å². The third-order valence-corrected chi connectivity index (χ3v) is 2.99. The largest absolute Gasteiger partial charge is 0.337 e. The number of fused-ring (bicyclic) bond motifs is 1. The minimum atomic E-state index is -0.469. The summed E-state index contributed by atoms with van der Waals surface area (Å²) in [5, 5.41) is 0. The Kier molecular flexibility index (Phi) is 5.54. The van der Waals surface area contributed by atoms with Crippen LogP contribution in [0.5, 0.6) is 0 Å². The molecule has 0 aliphatic carbocycles. The van der Waals surface area contributed by atoms with E-state index in [0.29, 0.717) is 18.5 Å². The lowest BCUT2D eigenvalue weighted by Crippen LogP contribution is -2.37. The Balaban J connectivity index is 0.000000771. The van der Waals surface area contributed by atoms with Crippen molar-refractivity contribution in [3.8, 4) is 0 Å². The van der Waals surface area contributed by atoms with Crippen molar-refractivity contribution in [3.63, 3.8) is 0 Å². The molecule has 0 atom stereocenters. The molecule has 2 rings (SSSR count). The minimum absolute atomic E-state index is 0.102. The van der Waals surface area contributed by atoms with Gasteiger partial charge < -0.3 is 4.90 Å². The van der Waals surface area contributed by atoms with Gasteiger partial charge in [-0.1, -0.05) is 13.8 Å². The van der Waals surface area contributed by atoms with Crippen LogP contribution in [0.3, 0.4) is 0 Å². The second kappa shape index (κ2) is 6.69. The fourth-order valence-corrected chi connectivity index (χ4v) is 2.06. The van der Waals surface area contributed by atoms with Gasteiger partial charge >= 0.3 is 0 Å². The van der Waals surface area contributed by atoms with E-state index < -0.39 is 11.6 Å². The van der Waals surface area contributed by atoms with Crippen molar-refractivity contribution in [2.24, 2.45) is 0 Å². The molecule has 0 unspecified atom stereocenters. The number of halogens is 3. The number of hydrogen-bond donors (Lipinski definition) is 0. The van der Waals surface area contributed by atoms with E-state index in [1.165, 1.54) is 4.90 Å². The highest BCUT2D eigenvalue weighted by molar-refractivity contribution is 6.27. The highest BCUT2D eigenvalue weighted by Gasteiger charge is 2.24. The minimum Gasteiger partial charge on any atom is -0.337 e. The molecule has 18 heavy (non-hydrogen) atoms. The van der Waals surface area contributed by atoms with Crippen LogP contribution in [-0.4, -0.2) is 23.2 Å². The number of carbonyl (C=O) groups is 1. The Labute approximate surface area is 111 Å². The van der Waals surface area contributed by atoms with Crippen molar-refractivity contribution in [2.45, 2.75) is 26.8 Å². The van der Waals surface area contributed by atoms with Crippen LogP contribution in [0.2, 0.25) is 0 Å². The molecule has 5 heteroatoms.